The van der Waals surface area contributed by atoms with E-state index in [4.69, 9.17) is 4.52 Å². The van der Waals surface area contributed by atoms with Gasteiger partial charge in [0, 0.05) is 6.42 Å². The molecular weight excluding hydrogens is 166 g/mol. The van der Waals surface area contributed by atoms with Gasteiger partial charge in [0.25, 0.3) is 0 Å². The summed E-state index contributed by atoms with van der Waals surface area (Å²) in [5, 5.41) is 6.94. The summed E-state index contributed by atoms with van der Waals surface area (Å²) in [6, 6.07) is 0. The molecule has 2 rings (SSSR count). The molecule has 1 aliphatic rings. The van der Waals surface area contributed by atoms with E-state index >= 15 is 0 Å². The molecule has 0 atom stereocenters. The Labute approximate surface area is 77.7 Å². The third-order valence-corrected chi connectivity index (χ3v) is 2.63. The van der Waals surface area contributed by atoms with Gasteiger partial charge in [0.15, 0.2) is 6.33 Å². The SMILES string of the molecule is c1noc(CCC2CCNCC2)n1. The maximum Gasteiger partial charge on any atom is 0.226 e. The van der Waals surface area contributed by atoms with Crippen molar-refractivity contribution in [1.82, 2.24) is 15.5 Å². The summed E-state index contributed by atoms with van der Waals surface area (Å²) in [4.78, 5) is 4.01. The van der Waals surface area contributed by atoms with Crippen LogP contribution in [-0.2, 0) is 6.42 Å². The molecule has 1 fully saturated rings. The molecule has 0 unspecified atom stereocenters. The van der Waals surface area contributed by atoms with Gasteiger partial charge in [-0.2, -0.15) is 4.98 Å². The van der Waals surface area contributed by atoms with Gasteiger partial charge >= 0.3 is 0 Å². The summed E-state index contributed by atoms with van der Waals surface area (Å²) < 4.78 is 4.95. The van der Waals surface area contributed by atoms with E-state index in [-0.39, 0.29) is 0 Å². The Balaban J connectivity index is 1.72. The molecule has 4 heteroatoms. The average Bonchev–Trinajstić information content (AvgIpc) is 2.69. The summed E-state index contributed by atoms with van der Waals surface area (Å²) in [6.45, 7) is 2.32. The summed E-state index contributed by atoms with van der Waals surface area (Å²) in [7, 11) is 0. The third-order valence-electron chi connectivity index (χ3n) is 2.63. The maximum atomic E-state index is 4.95. The zero-order valence-corrected chi connectivity index (χ0v) is 7.70. The minimum absolute atomic E-state index is 0.776. The highest BCUT2D eigenvalue weighted by Gasteiger charge is 2.13. The van der Waals surface area contributed by atoms with Crippen molar-refractivity contribution in [1.29, 1.82) is 0 Å². The number of rotatable bonds is 3. The van der Waals surface area contributed by atoms with Crippen LogP contribution in [0.15, 0.2) is 10.9 Å². The van der Waals surface area contributed by atoms with Crippen molar-refractivity contribution in [2.45, 2.75) is 25.7 Å². The molecule has 13 heavy (non-hydrogen) atoms. The van der Waals surface area contributed by atoms with Crippen molar-refractivity contribution in [2.75, 3.05) is 13.1 Å². The lowest BCUT2D eigenvalue weighted by molar-refractivity contribution is 0.324. The topological polar surface area (TPSA) is 51.0 Å². The molecule has 0 aliphatic carbocycles. The van der Waals surface area contributed by atoms with Gasteiger partial charge in [-0.1, -0.05) is 5.16 Å². The fourth-order valence-electron chi connectivity index (χ4n) is 1.80. The van der Waals surface area contributed by atoms with Gasteiger partial charge in [0.1, 0.15) is 0 Å². The zero-order valence-electron chi connectivity index (χ0n) is 7.70. The van der Waals surface area contributed by atoms with Crippen LogP contribution >= 0.6 is 0 Å². The van der Waals surface area contributed by atoms with Gasteiger partial charge in [-0.3, -0.25) is 0 Å². The van der Waals surface area contributed by atoms with E-state index in [2.05, 4.69) is 15.5 Å². The Morgan fingerprint density at radius 3 is 3.00 bits per heavy atom. The van der Waals surface area contributed by atoms with Gasteiger partial charge < -0.3 is 9.84 Å². The van der Waals surface area contributed by atoms with Crippen molar-refractivity contribution < 1.29 is 4.52 Å². The van der Waals surface area contributed by atoms with Crippen LogP contribution < -0.4 is 5.32 Å². The zero-order chi connectivity index (χ0) is 8.93. The first-order valence-corrected chi connectivity index (χ1v) is 4.91. The van der Waals surface area contributed by atoms with Crippen molar-refractivity contribution >= 4 is 0 Å². The lowest BCUT2D eigenvalue weighted by Gasteiger charge is -2.21. The summed E-state index contributed by atoms with van der Waals surface area (Å²) in [5.41, 5.74) is 0. The van der Waals surface area contributed by atoms with Crippen molar-refractivity contribution in [3.63, 3.8) is 0 Å². The fraction of sp³-hybridized carbons (Fsp3) is 0.778. The van der Waals surface area contributed by atoms with Crippen LogP contribution in [0, 0.1) is 5.92 Å². The number of nitrogens with zero attached hydrogens (tertiary/aromatic N) is 2. The molecule has 0 bridgehead atoms. The van der Waals surface area contributed by atoms with E-state index in [0.29, 0.717) is 0 Å². The number of piperidine rings is 1. The highest BCUT2D eigenvalue weighted by molar-refractivity contribution is 4.77. The molecule has 0 spiro atoms. The standard InChI is InChI=1S/C9H15N3O/c1(2-9-11-7-12-13-9)8-3-5-10-6-4-8/h7-8,10H,1-6H2. The van der Waals surface area contributed by atoms with E-state index in [1.54, 1.807) is 0 Å². The van der Waals surface area contributed by atoms with Crippen LogP contribution in [-0.4, -0.2) is 23.2 Å². The van der Waals surface area contributed by atoms with Gasteiger partial charge in [0.2, 0.25) is 5.89 Å². The Kier molecular flexibility index (Phi) is 2.92. The van der Waals surface area contributed by atoms with E-state index in [9.17, 15) is 0 Å². The van der Waals surface area contributed by atoms with Crippen molar-refractivity contribution in [2.24, 2.45) is 5.92 Å². The molecular formula is C9H15N3O. The van der Waals surface area contributed by atoms with Crippen LogP contribution in [0.25, 0.3) is 0 Å². The molecule has 1 saturated heterocycles. The number of nitrogens with one attached hydrogen (secondary N) is 1. The molecule has 2 heterocycles. The molecule has 0 saturated carbocycles. The molecule has 0 amide bonds. The predicted octanol–water partition coefficient (Wildman–Crippen LogP) is 1.00. The van der Waals surface area contributed by atoms with Gasteiger partial charge in [0.05, 0.1) is 0 Å². The first kappa shape index (κ1) is 8.69. The predicted molar refractivity (Wildman–Crippen MR) is 48.2 cm³/mol. The molecule has 0 aromatic carbocycles. The molecule has 1 N–H and O–H groups in total. The molecule has 1 aliphatic heterocycles. The highest BCUT2D eigenvalue weighted by atomic mass is 16.5. The summed E-state index contributed by atoms with van der Waals surface area (Å²) in [5.74, 6) is 1.62. The second-order valence-corrected chi connectivity index (χ2v) is 3.57. The van der Waals surface area contributed by atoms with Crippen LogP contribution in [0.1, 0.15) is 25.2 Å². The van der Waals surface area contributed by atoms with Crippen LogP contribution in [0.5, 0.6) is 0 Å². The highest BCUT2D eigenvalue weighted by Crippen LogP contribution is 2.17. The molecule has 0 radical (unpaired) electrons. The number of aromatic nitrogens is 2. The first-order valence-electron chi connectivity index (χ1n) is 4.91. The fourth-order valence-corrected chi connectivity index (χ4v) is 1.80. The van der Waals surface area contributed by atoms with E-state index in [1.807, 2.05) is 0 Å². The molecule has 1 aromatic heterocycles. The Morgan fingerprint density at radius 1 is 1.46 bits per heavy atom. The number of aryl methyl sites for hydroxylation is 1. The van der Waals surface area contributed by atoms with Crippen molar-refractivity contribution in [3.05, 3.63) is 12.2 Å². The normalized spacial score (nSPS) is 19.1. The molecule has 4 nitrogen and oxygen atoms in total. The van der Waals surface area contributed by atoms with Gasteiger partial charge in [-0.25, -0.2) is 0 Å². The van der Waals surface area contributed by atoms with Gasteiger partial charge in [-0.15, -0.1) is 0 Å². The Morgan fingerprint density at radius 2 is 2.31 bits per heavy atom. The minimum atomic E-state index is 0.776. The lowest BCUT2D eigenvalue weighted by Crippen LogP contribution is -2.27. The maximum absolute atomic E-state index is 4.95. The average molecular weight is 181 g/mol. The van der Waals surface area contributed by atoms with Gasteiger partial charge in [-0.05, 0) is 38.3 Å². The molecule has 72 valence electrons. The minimum Gasteiger partial charge on any atom is -0.340 e. The second-order valence-electron chi connectivity index (χ2n) is 3.57. The lowest BCUT2D eigenvalue weighted by atomic mass is 9.93. The van der Waals surface area contributed by atoms with Crippen LogP contribution in [0.4, 0.5) is 0 Å². The number of hydrogen-bond donors (Lipinski definition) is 1. The second kappa shape index (κ2) is 4.37. The Bertz CT molecular complexity index is 229. The summed E-state index contributed by atoms with van der Waals surface area (Å²) in [6.07, 6.45) is 6.16. The number of hydrogen-bond acceptors (Lipinski definition) is 4. The van der Waals surface area contributed by atoms with E-state index in [0.717, 1.165) is 31.3 Å². The van der Waals surface area contributed by atoms with Crippen molar-refractivity contribution in [3.8, 4) is 0 Å². The molecule has 1 aromatic rings. The quantitative estimate of drug-likeness (QED) is 0.755. The van der Waals surface area contributed by atoms with Crippen LogP contribution in [0.2, 0.25) is 0 Å². The van der Waals surface area contributed by atoms with Crippen LogP contribution in [0.3, 0.4) is 0 Å². The van der Waals surface area contributed by atoms with E-state index < -0.39 is 0 Å². The first-order chi connectivity index (χ1) is 6.45. The summed E-state index contributed by atoms with van der Waals surface area (Å²) >= 11 is 0. The third kappa shape index (κ3) is 2.52. The largest absolute Gasteiger partial charge is 0.340 e. The smallest absolute Gasteiger partial charge is 0.226 e. The Hall–Kier alpha value is -0.900. The monoisotopic (exact) mass is 181 g/mol. The van der Waals surface area contributed by atoms with E-state index in [1.165, 1.54) is 25.6 Å².